The van der Waals surface area contributed by atoms with Crippen molar-refractivity contribution in [3.05, 3.63) is 81.4 Å². The van der Waals surface area contributed by atoms with Crippen molar-refractivity contribution in [2.45, 2.75) is 25.9 Å². The Bertz CT molecular complexity index is 1040. The third-order valence-corrected chi connectivity index (χ3v) is 4.77. The molecule has 0 unspecified atom stereocenters. The highest BCUT2D eigenvalue weighted by atomic mass is 19.1. The molecule has 126 valence electrons. The number of para-hydroxylation sites is 1. The molecule has 0 radical (unpaired) electrons. The minimum atomic E-state index is -0.412. The van der Waals surface area contributed by atoms with Crippen molar-refractivity contribution >= 4 is 16.8 Å². The van der Waals surface area contributed by atoms with Gasteiger partial charge in [0, 0.05) is 18.1 Å². The fourth-order valence-electron chi connectivity index (χ4n) is 3.43. The standard InChI is InChI=1S/C20H17FN2O2/c1-12(13-5-7-15(21)8-6-13)22-20(25)17-11-23-10-9-14-3-2-4-16(18(14)23)19(17)24/h2-8,11-12H,9-10H2,1H3,(H,22,25)/t12-/m0/s1. The quantitative estimate of drug-likeness (QED) is 0.799. The summed E-state index contributed by atoms with van der Waals surface area (Å²) in [5.41, 5.74) is 2.73. The molecule has 3 aromatic rings. The number of nitrogens with one attached hydrogen (secondary N) is 1. The first kappa shape index (κ1) is 15.6. The predicted octanol–water partition coefficient (Wildman–Crippen LogP) is 3.19. The van der Waals surface area contributed by atoms with Gasteiger partial charge >= 0.3 is 0 Å². The molecular weight excluding hydrogens is 319 g/mol. The van der Waals surface area contributed by atoms with E-state index in [1.807, 2.05) is 16.7 Å². The number of hydrogen-bond acceptors (Lipinski definition) is 2. The molecule has 1 aromatic heterocycles. The van der Waals surface area contributed by atoms with E-state index in [1.165, 1.54) is 12.1 Å². The molecule has 1 atom stereocenters. The number of carbonyl (C=O) groups is 1. The van der Waals surface area contributed by atoms with Crippen LogP contribution in [0, 0.1) is 5.82 Å². The summed E-state index contributed by atoms with van der Waals surface area (Å²) in [6.07, 6.45) is 2.52. The minimum Gasteiger partial charge on any atom is -0.346 e. The van der Waals surface area contributed by atoms with E-state index in [1.54, 1.807) is 31.3 Å². The van der Waals surface area contributed by atoms with E-state index in [0.717, 1.165) is 29.6 Å². The number of benzene rings is 2. The average molecular weight is 336 g/mol. The summed E-state index contributed by atoms with van der Waals surface area (Å²) in [6.45, 7) is 2.57. The molecule has 1 N–H and O–H groups in total. The molecule has 4 rings (SSSR count). The SMILES string of the molecule is C[C@H](NC(=O)c1cn2c3c(cccc3c1=O)CC2)c1ccc(F)cc1. The Morgan fingerprint density at radius 1 is 1.20 bits per heavy atom. The van der Waals surface area contributed by atoms with E-state index in [4.69, 9.17) is 0 Å². The van der Waals surface area contributed by atoms with Crippen molar-refractivity contribution < 1.29 is 9.18 Å². The van der Waals surface area contributed by atoms with Gasteiger partial charge in [-0.2, -0.15) is 0 Å². The number of hydrogen-bond donors (Lipinski definition) is 1. The summed E-state index contributed by atoms with van der Waals surface area (Å²) in [4.78, 5) is 25.4. The van der Waals surface area contributed by atoms with Crippen molar-refractivity contribution in [3.63, 3.8) is 0 Å². The fraction of sp³-hybridized carbons (Fsp3) is 0.200. The molecule has 2 aromatic carbocycles. The van der Waals surface area contributed by atoms with Crippen LogP contribution < -0.4 is 10.7 Å². The first-order valence-corrected chi connectivity index (χ1v) is 8.26. The monoisotopic (exact) mass is 336 g/mol. The Labute approximate surface area is 143 Å². The summed E-state index contributed by atoms with van der Waals surface area (Å²) in [5.74, 6) is -0.737. The molecule has 4 nitrogen and oxygen atoms in total. The second kappa shape index (κ2) is 5.84. The van der Waals surface area contributed by atoms with Crippen LogP contribution >= 0.6 is 0 Å². The molecule has 0 saturated heterocycles. The van der Waals surface area contributed by atoms with Gasteiger partial charge in [-0.15, -0.1) is 0 Å². The Kier molecular flexibility index (Phi) is 3.64. The van der Waals surface area contributed by atoms with E-state index in [2.05, 4.69) is 5.32 Å². The van der Waals surface area contributed by atoms with Gasteiger partial charge in [-0.05, 0) is 42.7 Å². The lowest BCUT2D eigenvalue weighted by atomic mass is 10.1. The number of aromatic nitrogens is 1. The molecule has 5 heteroatoms. The lowest BCUT2D eigenvalue weighted by molar-refractivity contribution is 0.0938. The largest absolute Gasteiger partial charge is 0.346 e. The zero-order valence-electron chi connectivity index (χ0n) is 13.8. The molecule has 0 bridgehead atoms. The fourth-order valence-corrected chi connectivity index (χ4v) is 3.43. The van der Waals surface area contributed by atoms with Crippen LogP contribution in [-0.2, 0) is 13.0 Å². The van der Waals surface area contributed by atoms with Gasteiger partial charge < -0.3 is 9.88 Å². The molecule has 2 heterocycles. The molecule has 0 fully saturated rings. The highest BCUT2D eigenvalue weighted by Crippen LogP contribution is 2.24. The van der Waals surface area contributed by atoms with Gasteiger partial charge in [0.05, 0.1) is 11.6 Å². The summed E-state index contributed by atoms with van der Waals surface area (Å²) in [5, 5.41) is 3.41. The summed E-state index contributed by atoms with van der Waals surface area (Å²) < 4.78 is 15.0. The van der Waals surface area contributed by atoms with E-state index in [0.29, 0.717) is 5.39 Å². The maximum Gasteiger partial charge on any atom is 0.257 e. The molecule has 1 aliphatic heterocycles. The molecular formula is C20H17FN2O2. The van der Waals surface area contributed by atoms with Crippen LogP contribution in [0.15, 0.2) is 53.5 Å². The van der Waals surface area contributed by atoms with Crippen LogP contribution in [0.2, 0.25) is 0 Å². The van der Waals surface area contributed by atoms with Crippen molar-refractivity contribution in [1.29, 1.82) is 0 Å². The molecule has 25 heavy (non-hydrogen) atoms. The number of halogens is 1. The van der Waals surface area contributed by atoms with E-state index >= 15 is 0 Å². The summed E-state index contributed by atoms with van der Waals surface area (Å²) in [6, 6.07) is 11.3. The minimum absolute atomic E-state index is 0.139. The van der Waals surface area contributed by atoms with Gasteiger partial charge in [0.1, 0.15) is 11.4 Å². The third kappa shape index (κ3) is 2.61. The molecule has 0 spiro atoms. The van der Waals surface area contributed by atoms with Crippen molar-refractivity contribution in [2.75, 3.05) is 0 Å². The molecule has 1 amide bonds. The second-order valence-corrected chi connectivity index (χ2v) is 6.38. The van der Waals surface area contributed by atoms with Gasteiger partial charge in [0.2, 0.25) is 5.43 Å². The topological polar surface area (TPSA) is 51.1 Å². The highest BCUT2D eigenvalue weighted by Gasteiger charge is 2.21. The maximum absolute atomic E-state index is 13.0. The Morgan fingerprint density at radius 3 is 2.72 bits per heavy atom. The smallest absolute Gasteiger partial charge is 0.257 e. The summed E-state index contributed by atoms with van der Waals surface area (Å²) in [7, 11) is 0. The number of rotatable bonds is 3. The summed E-state index contributed by atoms with van der Waals surface area (Å²) >= 11 is 0. The number of carbonyl (C=O) groups excluding carboxylic acids is 1. The predicted molar refractivity (Wildman–Crippen MR) is 94.2 cm³/mol. The third-order valence-electron chi connectivity index (χ3n) is 4.77. The lowest BCUT2D eigenvalue weighted by Gasteiger charge is -2.15. The zero-order valence-corrected chi connectivity index (χ0v) is 13.8. The zero-order chi connectivity index (χ0) is 17.6. The highest BCUT2D eigenvalue weighted by molar-refractivity contribution is 5.98. The number of pyridine rings is 1. The number of nitrogens with zero attached hydrogens (tertiary/aromatic N) is 1. The second-order valence-electron chi connectivity index (χ2n) is 6.38. The number of aryl methyl sites for hydroxylation is 2. The van der Waals surface area contributed by atoms with E-state index in [9.17, 15) is 14.0 Å². The van der Waals surface area contributed by atoms with Crippen LogP contribution in [0.25, 0.3) is 10.9 Å². The van der Waals surface area contributed by atoms with Crippen molar-refractivity contribution in [1.82, 2.24) is 9.88 Å². The molecule has 1 aliphatic rings. The normalized spacial score (nSPS) is 13.8. The van der Waals surface area contributed by atoms with Crippen molar-refractivity contribution in [2.24, 2.45) is 0 Å². The van der Waals surface area contributed by atoms with Crippen molar-refractivity contribution in [3.8, 4) is 0 Å². The maximum atomic E-state index is 13.0. The molecule has 0 aliphatic carbocycles. The molecule has 0 saturated carbocycles. The van der Waals surface area contributed by atoms with E-state index < -0.39 is 5.91 Å². The van der Waals surface area contributed by atoms with E-state index in [-0.39, 0.29) is 22.9 Å². The van der Waals surface area contributed by atoms with Gasteiger partial charge in [0.15, 0.2) is 0 Å². The Hall–Kier alpha value is -2.95. The average Bonchev–Trinajstić information content (AvgIpc) is 3.02. The first-order chi connectivity index (χ1) is 12.0. The van der Waals surface area contributed by atoms with Gasteiger partial charge in [-0.1, -0.05) is 24.3 Å². The van der Waals surface area contributed by atoms with Crippen LogP contribution in [0.5, 0.6) is 0 Å². The number of amides is 1. The Morgan fingerprint density at radius 2 is 1.96 bits per heavy atom. The van der Waals surface area contributed by atoms with Crippen LogP contribution in [0.1, 0.15) is 34.5 Å². The first-order valence-electron chi connectivity index (χ1n) is 8.26. The Balaban J connectivity index is 1.68. The van der Waals surface area contributed by atoms with Crippen LogP contribution in [0.3, 0.4) is 0 Å². The van der Waals surface area contributed by atoms with Gasteiger partial charge in [-0.25, -0.2) is 4.39 Å². The van der Waals surface area contributed by atoms with Gasteiger partial charge in [0.25, 0.3) is 5.91 Å². The van der Waals surface area contributed by atoms with Crippen LogP contribution in [0.4, 0.5) is 4.39 Å². The van der Waals surface area contributed by atoms with Gasteiger partial charge in [-0.3, -0.25) is 9.59 Å². The van der Waals surface area contributed by atoms with Crippen LogP contribution in [-0.4, -0.2) is 10.5 Å². The lowest BCUT2D eigenvalue weighted by Crippen LogP contribution is -2.31.